The van der Waals surface area contributed by atoms with Crippen molar-refractivity contribution in [2.75, 3.05) is 43.5 Å². The van der Waals surface area contributed by atoms with Crippen LogP contribution in [0.15, 0.2) is 77.7 Å². The van der Waals surface area contributed by atoms with Gasteiger partial charge in [-0.1, -0.05) is 24.3 Å². The molecule has 1 fully saturated rings. The molecule has 1 aliphatic rings. The van der Waals surface area contributed by atoms with Crippen LogP contribution in [0.25, 0.3) is 0 Å². The fourth-order valence-corrected chi connectivity index (χ4v) is 5.21. The lowest BCUT2D eigenvalue weighted by atomic mass is 10.2. The monoisotopic (exact) mass is 481 g/mol. The van der Waals surface area contributed by atoms with Crippen molar-refractivity contribution in [2.24, 2.45) is 0 Å². The van der Waals surface area contributed by atoms with Crippen molar-refractivity contribution in [3.63, 3.8) is 0 Å². The van der Waals surface area contributed by atoms with Crippen LogP contribution in [-0.2, 0) is 19.6 Å². The molecular formula is C25H27N3O5S. The van der Waals surface area contributed by atoms with Crippen molar-refractivity contribution >= 4 is 33.0 Å². The molecule has 178 valence electrons. The summed E-state index contributed by atoms with van der Waals surface area (Å²) in [5.74, 6) is 0.165. The first kappa shape index (κ1) is 23.7. The molecule has 0 atom stereocenters. The highest BCUT2D eigenvalue weighted by Crippen LogP contribution is 2.25. The number of ether oxygens (including phenoxy) is 2. The number of carbonyl (C=O) groups excluding carboxylic acids is 1. The van der Waals surface area contributed by atoms with Gasteiger partial charge in [0.1, 0.15) is 5.75 Å². The standard InChI is InChI=1S/C25H27N3O5S/c1-19-7-8-22(17-24(19)34(30,31)28-13-15-32-16-14-28)27-25(29)18-33-23-11-9-21(10-12-23)26-20-5-3-2-4-6-20/h2-12,17,26H,13-16,18H2,1H3,(H,27,29). The number of benzene rings is 3. The summed E-state index contributed by atoms with van der Waals surface area (Å²) in [5, 5.41) is 5.99. The number of nitrogens with one attached hydrogen (secondary N) is 2. The summed E-state index contributed by atoms with van der Waals surface area (Å²) in [5.41, 5.74) is 2.89. The van der Waals surface area contributed by atoms with Gasteiger partial charge in [0, 0.05) is 30.2 Å². The van der Waals surface area contributed by atoms with Gasteiger partial charge >= 0.3 is 0 Å². The van der Waals surface area contributed by atoms with Gasteiger partial charge in [-0.05, 0) is 61.0 Å². The number of hydrogen-bond acceptors (Lipinski definition) is 6. The molecular weight excluding hydrogens is 454 g/mol. The topological polar surface area (TPSA) is 97.0 Å². The Kier molecular flexibility index (Phi) is 7.46. The molecule has 0 aromatic heterocycles. The Hall–Kier alpha value is -3.40. The van der Waals surface area contributed by atoms with E-state index < -0.39 is 10.0 Å². The number of para-hydroxylation sites is 1. The number of nitrogens with zero attached hydrogens (tertiary/aromatic N) is 1. The smallest absolute Gasteiger partial charge is 0.262 e. The Morgan fingerprint density at radius 2 is 1.59 bits per heavy atom. The first-order valence-corrected chi connectivity index (χ1v) is 12.4. The van der Waals surface area contributed by atoms with Gasteiger partial charge in [-0.3, -0.25) is 4.79 Å². The van der Waals surface area contributed by atoms with E-state index in [0.29, 0.717) is 43.3 Å². The number of sulfonamides is 1. The minimum absolute atomic E-state index is 0.176. The van der Waals surface area contributed by atoms with Crippen LogP contribution >= 0.6 is 0 Å². The predicted molar refractivity (Wildman–Crippen MR) is 131 cm³/mol. The van der Waals surface area contributed by atoms with E-state index in [0.717, 1.165) is 11.4 Å². The molecule has 3 aromatic carbocycles. The van der Waals surface area contributed by atoms with Crippen molar-refractivity contribution < 1.29 is 22.7 Å². The third kappa shape index (κ3) is 5.93. The number of amides is 1. The summed E-state index contributed by atoms with van der Waals surface area (Å²) in [6.07, 6.45) is 0. The van der Waals surface area contributed by atoms with Gasteiger partial charge in [-0.2, -0.15) is 4.31 Å². The van der Waals surface area contributed by atoms with Gasteiger partial charge in [0.05, 0.1) is 18.1 Å². The maximum absolute atomic E-state index is 13.0. The molecule has 9 heteroatoms. The van der Waals surface area contributed by atoms with Crippen molar-refractivity contribution in [3.05, 3.63) is 78.4 Å². The summed E-state index contributed by atoms with van der Waals surface area (Å²) in [6, 6.07) is 21.9. The number of rotatable bonds is 8. The number of carbonyl (C=O) groups is 1. The number of morpholine rings is 1. The lowest BCUT2D eigenvalue weighted by Gasteiger charge is -2.26. The summed E-state index contributed by atoms with van der Waals surface area (Å²) in [4.78, 5) is 12.6. The maximum Gasteiger partial charge on any atom is 0.262 e. The van der Waals surface area contributed by atoms with E-state index in [4.69, 9.17) is 9.47 Å². The normalized spacial score (nSPS) is 14.4. The van der Waals surface area contributed by atoms with E-state index >= 15 is 0 Å². The molecule has 0 bridgehead atoms. The second-order valence-corrected chi connectivity index (χ2v) is 9.76. The highest BCUT2D eigenvalue weighted by atomic mass is 32.2. The van der Waals surface area contributed by atoms with Crippen LogP contribution in [0.5, 0.6) is 5.75 Å². The van der Waals surface area contributed by atoms with Crippen LogP contribution in [0.1, 0.15) is 5.56 Å². The van der Waals surface area contributed by atoms with Crippen molar-refractivity contribution in [1.29, 1.82) is 0 Å². The third-order valence-electron chi connectivity index (χ3n) is 5.35. The second kappa shape index (κ2) is 10.7. The van der Waals surface area contributed by atoms with E-state index in [9.17, 15) is 13.2 Å². The Morgan fingerprint density at radius 1 is 0.941 bits per heavy atom. The largest absolute Gasteiger partial charge is 0.484 e. The average molecular weight is 482 g/mol. The van der Waals surface area contributed by atoms with Crippen LogP contribution in [-0.4, -0.2) is 51.5 Å². The second-order valence-electron chi connectivity index (χ2n) is 7.85. The highest BCUT2D eigenvalue weighted by Gasteiger charge is 2.28. The molecule has 1 heterocycles. The zero-order chi connectivity index (χ0) is 24.0. The fourth-order valence-electron chi connectivity index (χ4n) is 3.55. The minimum atomic E-state index is -3.67. The van der Waals surface area contributed by atoms with Crippen molar-refractivity contribution in [3.8, 4) is 5.75 Å². The number of hydrogen-bond donors (Lipinski definition) is 2. The molecule has 2 N–H and O–H groups in total. The summed E-state index contributed by atoms with van der Waals surface area (Å²) < 4.78 is 38.3. The number of aryl methyl sites for hydroxylation is 1. The zero-order valence-corrected chi connectivity index (χ0v) is 19.7. The van der Waals surface area contributed by atoms with Gasteiger partial charge in [-0.25, -0.2) is 8.42 Å². The molecule has 4 rings (SSSR count). The molecule has 0 aliphatic carbocycles. The van der Waals surface area contributed by atoms with E-state index in [1.807, 2.05) is 42.5 Å². The van der Waals surface area contributed by atoms with Gasteiger partial charge in [-0.15, -0.1) is 0 Å². The summed E-state index contributed by atoms with van der Waals surface area (Å²) in [7, 11) is -3.67. The average Bonchev–Trinajstić information content (AvgIpc) is 2.86. The van der Waals surface area contributed by atoms with Crippen LogP contribution in [0.4, 0.5) is 17.1 Å². The molecule has 0 radical (unpaired) electrons. The summed E-state index contributed by atoms with van der Waals surface area (Å²) >= 11 is 0. The third-order valence-corrected chi connectivity index (χ3v) is 7.39. The fraction of sp³-hybridized carbons (Fsp3) is 0.240. The molecule has 0 unspecified atom stereocenters. The lowest BCUT2D eigenvalue weighted by molar-refractivity contribution is -0.118. The zero-order valence-electron chi connectivity index (χ0n) is 18.9. The highest BCUT2D eigenvalue weighted by molar-refractivity contribution is 7.89. The van der Waals surface area contributed by atoms with Crippen molar-refractivity contribution in [1.82, 2.24) is 4.31 Å². The van der Waals surface area contributed by atoms with Gasteiger partial charge in [0.2, 0.25) is 10.0 Å². The van der Waals surface area contributed by atoms with Gasteiger partial charge in [0.25, 0.3) is 5.91 Å². The van der Waals surface area contributed by atoms with E-state index in [1.165, 1.54) is 10.4 Å². The maximum atomic E-state index is 13.0. The van der Waals surface area contributed by atoms with E-state index in [2.05, 4.69) is 10.6 Å². The van der Waals surface area contributed by atoms with Crippen molar-refractivity contribution in [2.45, 2.75) is 11.8 Å². The Morgan fingerprint density at radius 3 is 2.29 bits per heavy atom. The van der Waals surface area contributed by atoms with Crippen LogP contribution in [0.3, 0.4) is 0 Å². The molecule has 1 saturated heterocycles. The first-order chi connectivity index (χ1) is 16.4. The Balaban J connectivity index is 1.34. The SMILES string of the molecule is Cc1ccc(NC(=O)COc2ccc(Nc3ccccc3)cc2)cc1S(=O)(=O)N1CCOCC1. The number of anilines is 3. The van der Waals surface area contributed by atoms with Crippen LogP contribution in [0, 0.1) is 6.92 Å². The Labute approximate surface area is 199 Å². The van der Waals surface area contributed by atoms with Gasteiger partial charge in [0.15, 0.2) is 6.61 Å². The van der Waals surface area contributed by atoms with Crippen LogP contribution in [0.2, 0.25) is 0 Å². The van der Waals surface area contributed by atoms with Crippen LogP contribution < -0.4 is 15.4 Å². The van der Waals surface area contributed by atoms with E-state index in [-0.39, 0.29) is 17.4 Å². The minimum Gasteiger partial charge on any atom is -0.484 e. The molecule has 0 saturated carbocycles. The quantitative estimate of drug-likeness (QED) is 0.508. The molecule has 0 spiro atoms. The molecule has 1 aliphatic heterocycles. The Bertz CT molecular complexity index is 1230. The molecule has 34 heavy (non-hydrogen) atoms. The van der Waals surface area contributed by atoms with Gasteiger partial charge < -0.3 is 20.1 Å². The van der Waals surface area contributed by atoms with E-state index in [1.54, 1.807) is 31.2 Å². The first-order valence-electron chi connectivity index (χ1n) is 11.0. The molecule has 3 aromatic rings. The summed E-state index contributed by atoms with van der Waals surface area (Å²) in [6.45, 7) is 2.89. The molecule has 8 nitrogen and oxygen atoms in total. The predicted octanol–water partition coefficient (Wildman–Crippen LogP) is 3.78. The molecule has 1 amide bonds. The lowest BCUT2D eigenvalue weighted by Crippen LogP contribution is -2.40.